The highest BCUT2D eigenvalue weighted by Gasteiger charge is 2.54. The van der Waals surface area contributed by atoms with Crippen molar-refractivity contribution in [1.82, 2.24) is 55.1 Å². The van der Waals surface area contributed by atoms with Crippen LogP contribution in [0.4, 0.5) is 13.2 Å². The second-order valence-electron chi connectivity index (χ2n) is 28.6. The summed E-state index contributed by atoms with van der Waals surface area (Å²) < 4.78 is 47.8. The molecule has 11 atom stereocenters. The van der Waals surface area contributed by atoms with Gasteiger partial charge in [0.1, 0.15) is 53.9 Å². The van der Waals surface area contributed by atoms with Crippen molar-refractivity contribution < 1.29 is 70.6 Å². The lowest BCUT2D eigenvalue weighted by Crippen LogP contribution is -2.68. The Morgan fingerprint density at radius 3 is 1.90 bits per heavy atom. The standard InChI is InChI=1S/C72H105ClF3N11O12/c1-15-44(7)60-68(96)82(12)46(9)64(92)86-34-31-54(86)67(95)85(16-2)57(38-48-25-23-43(6)24-26-48)66(94)80(10)41-58(88)77-53(30-28-47-27-29-51(52(73)37-47)72(74,75)76)65(93)87-40-50(99-17-3)39-56(87)63(91)79-71(32-20-33-71)70(98)84(14)61(49-21-18-19-22-49)69(97)81(11)45(8)36-59(89)83(13)55(35-42(4)5)62(90)78-60/h23-27,29,37,42,44-46,49-50,53-57,60-61H,15-22,28,30-36,38-41H2,1-14H3,(H,77,88)(H,78,90)(H,79,91)/t44-,45+,46-,50+,53-,54-,55-,56-,57-,60-,61-/m0/s1. The first-order valence-corrected chi connectivity index (χ1v) is 35.6. The summed E-state index contributed by atoms with van der Waals surface area (Å²) in [5.74, 6) is -7.61. The molecule has 0 bridgehead atoms. The highest BCUT2D eigenvalue weighted by atomic mass is 35.5. The van der Waals surface area contributed by atoms with Gasteiger partial charge in [-0.1, -0.05) is 94.5 Å². The van der Waals surface area contributed by atoms with Crippen LogP contribution < -0.4 is 16.0 Å². The van der Waals surface area contributed by atoms with Crippen LogP contribution in [0.25, 0.3) is 0 Å². The third-order valence-corrected chi connectivity index (χ3v) is 21.7. The van der Waals surface area contributed by atoms with Crippen molar-refractivity contribution in [3.8, 4) is 0 Å². The minimum atomic E-state index is -4.77. The summed E-state index contributed by atoms with van der Waals surface area (Å²) in [4.78, 5) is 175. The highest BCUT2D eigenvalue weighted by Crippen LogP contribution is 2.39. The molecule has 3 N–H and O–H groups in total. The molecule has 27 heteroatoms. The molecule has 7 rings (SSSR count). The van der Waals surface area contributed by atoms with Gasteiger partial charge in [-0.2, -0.15) is 13.2 Å². The van der Waals surface area contributed by atoms with Crippen LogP contribution in [0.15, 0.2) is 42.5 Å². The molecule has 548 valence electrons. The summed E-state index contributed by atoms with van der Waals surface area (Å²) in [7, 11) is 7.41. The van der Waals surface area contributed by atoms with Crippen LogP contribution >= 0.6 is 11.6 Å². The van der Waals surface area contributed by atoms with E-state index in [9.17, 15) is 37.1 Å². The number of halogens is 4. The molecular weight excluding hydrogens is 1300 g/mol. The monoisotopic (exact) mass is 1410 g/mol. The zero-order chi connectivity index (χ0) is 73.3. The zero-order valence-electron chi connectivity index (χ0n) is 60.2. The number of rotatable bonds is 13. The first kappa shape index (κ1) is 79.0. The second-order valence-corrected chi connectivity index (χ2v) is 29.0. The Hall–Kier alpha value is -7.35. The normalized spacial score (nSPS) is 27.5. The van der Waals surface area contributed by atoms with Crippen molar-refractivity contribution in [2.75, 3.05) is 68.0 Å². The number of hydrogen-bond acceptors (Lipinski definition) is 12. The van der Waals surface area contributed by atoms with Crippen LogP contribution in [0, 0.1) is 24.7 Å². The lowest BCUT2D eigenvalue weighted by molar-refractivity contribution is -0.160. The van der Waals surface area contributed by atoms with Gasteiger partial charge in [0, 0.05) is 86.8 Å². The fourth-order valence-corrected chi connectivity index (χ4v) is 14.8. The first-order valence-electron chi connectivity index (χ1n) is 35.3. The van der Waals surface area contributed by atoms with Crippen molar-refractivity contribution in [1.29, 1.82) is 0 Å². The molecule has 3 heterocycles. The molecule has 2 aromatic carbocycles. The molecule has 2 aromatic rings. The van der Waals surface area contributed by atoms with Crippen LogP contribution in [-0.2, 0) is 76.5 Å². The van der Waals surface area contributed by atoms with E-state index in [1.165, 1.54) is 75.5 Å². The van der Waals surface area contributed by atoms with Crippen LogP contribution in [0.3, 0.4) is 0 Å². The first-order chi connectivity index (χ1) is 46.6. The van der Waals surface area contributed by atoms with Gasteiger partial charge in [0.2, 0.25) is 65.0 Å². The van der Waals surface area contributed by atoms with Gasteiger partial charge >= 0.3 is 6.18 Å². The van der Waals surface area contributed by atoms with Crippen molar-refractivity contribution in [2.45, 2.75) is 231 Å². The molecule has 0 unspecified atom stereocenters. The molecular formula is C72H105ClF3N11O12. The van der Waals surface area contributed by atoms with Gasteiger partial charge in [-0.3, -0.25) is 52.7 Å². The number of carbonyl (C=O) groups is 11. The van der Waals surface area contributed by atoms with Crippen LogP contribution in [0.1, 0.15) is 161 Å². The Morgan fingerprint density at radius 2 is 1.34 bits per heavy atom. The van der Waals surface area contributed by atoms with Crippen LogP contribution in [0.5, 0.6) is 0 Å². The van der Waals surface area contributed by atoms with Gasteiger partial charge in [0.25, 0.3) is 0 Å². The maximum absolute atomic E-state index is 15.4. The lowest BCUT2D eigenvalue weighted by atomic mass is 9.74. The highest BCUT2D eigenvalue weighted by molar-refractivity contribution is 6.31. The maximum Gasteiger partial charge on any atom is 0.417 e. The lowest BCUT2D eigenvalue weighted by Gasteiger charge is -2.46. The number of alkyl halides is 3. The van der Waals surface area contributed by atoms with E-state index >= 15 is 28.8 Å². The Labute approximate surface area is 586 Å². The van der Waals surface area contributed by atoms with Crippen molar-refractivity contribution >= 4 is 76.6 Å². The summed E-state index contributed by atoms with van der Waals surface area (Å²) in [6.07, 6.45) is -1.51. The number of hydrogen-bond donors (Lipinski definition) is 3. The third-order valence-electron chi connectivity index (χ3n) is 21.3. The number of ether oxygens (including phenoxy) is 1. The minimum Gasteiger partial charge on any atom is -0.377 e. The van der Waals surface area contributed by atoms with Gasteiger partial charge < -0.3 is 59.9 Å². The summed E-state index contributed by atoms with van der Waals surface area (Å²) in [5, 5.41) is 8.16. The average molecular weight is 1410 g/mol. The van der Waals surface area contributed by atoms with Crippen molar-refractivity contribution in [2.24, 2.45) is 17.8 Å². The van der Waals surface area contributed by atoms with E-state index in [4.69, 9.17) is 16.3 Å². The van der Waals surface area contributed by atoms with E-state index in [1.807, 2.05) is 52.0 Å². The van der Waals surface area contributed by atoms with Crippen LogP contribution in [-0.4, -0.2) is 238 Å². The number of amides is 11. The topological polar surface area (TPSA) is 259 Å². The molecule has 3 aliphatic heterocycles. The largest absolute Gasteiger partial charge is 0.417 e. The Balaban J connectivity index is 1.29. The smallest absolute Gasteiger partial charge is 0.377 e. The summed E-state index contributed by atoms with van der Waals surface area (Å²) >= 11 is 6.18. The molecule has 0 radical (unpaired) electrons. The maximum atomic E-state index is 15.4. The van der Waals surface area contributed by atoms with Gasteiger partial charge in [-0.05, 0) is 133 Å². The molecule has 2 aliphatic carbocycles. The van der Waals surface area contributed by atoms with Crippen molar-refractivity contribution in [3.63, 3.8) is 0 Å². The zero-order valence-corrected chi connectivity index (χ0v) is 60.9. The summed E-state index contributed by atoms with van der Waals surface area (Å²) in [6, 6.07) is 0.190. The summed E-state index contributed by atoms with van der Waals surface area (Å²) in [5.41, 5.74) is -0.723. The number of likely N-dealkylation sites (N-methyl/N-ethyl adjacent to an activating group) is 6. The fourth-order valence-electron chi connectivity index (χ4n) is 14.5. The van der Waals surface area contributed by atoms with E-state index in [0.29, 0.717) is 31.2 Å². The van der Waals surface area contributed by atoms with Gasteiger partial charge in [0.05, 0.1) is 23.2 Å². The van der Waals surface area contributed by atoms with E-state index < -0.39 is 160 Å². The quantitative estimate of drug-likeness (QED) is 0.204. The Morgan fingerprint density at radius 1 is 0.697 bits per heavy atom. The van der Waals surface area contributed by atoms with E-state index in [1.54, 1.807) is 34.7 Å². The molecule has 11 amide bonds. The fraction of sp³-hybridized carbons (Fsp3) is 0.681. The third kappa shape index (κ3) is 18.4. The molecule has 3 saturated heterocycles. The molecule has 99 heavy (non-hydrogen) atoms. The van der Waals surface area contributed by atoms with Crippen LogP contribution in [0.2, 0.25) is 5.02 Å². The minimum absolute atomic E-state index is 0.0247. The molecule has 0 aromatic heterocycles. The van der Waals surface area contributed by atoms with E-state index in [2.05, 4.69) is 16.0 Å². The van der Waals surface area contributed by atoms with Gasteiger partial charge in [0.15, 0.2) is 0 Å². The van der Waals surface area contributed by atoms with Gasteiger partial charge in [-0.15, -0.1) is 0 Å². The predicted octanol–water partition coefficient (Wildman–Crippen LogP) is 6.17. The SMILES string of the molecule is CCO[C@@H]1C[C@H]2C(=O)NC3(CCC3)C(=O)N(C)[C@@H](C3CCCC3)C(=O)N(C)[C@H](C)CC(=O)N(C)[C@@H](CC(C)C)C(=O)N[C@@H]([C@@H](C)CC)C(=O)N(C)[C@@H](C)C(=O)N3CC[C@H]3C(=O)N(CC)[C@@H](Cc3ccc(C)cc3)C(=O)N(C)CC(=O)N[C@@H](CCc3ccc(C(F)(F)F)c(Cl)c3)C(=O)N2C1. The number of nitrogens with zero attached hydrogens (tertiary/aromatic N) is 8. The molecule has 23 nitrogen and oxygen atoms in total. The number of aryl methyl sites for hydroxylation is 2. The molecule has 2 saturated carbocycles. The van der Waals surface area contributed by atoms with Crippen molar-refractivity contribution in [3.05, 3.63) is 69.7 Å². The van der Waals surface area contributed by atoms with E-state index in [-0.39, 0.29) is 101 Å². The second kappa shape index (κ2) is 33.9. The molecule has 5 aliphatic rings. The molecule has 1 spiro atoms. The number of benzene rings is 2. The Bertz CT molecular complexity index is 3270. The predicted molar refractivity (Wildman–Crippen MR) is 366 cm³/mol. The summed E-state index contributed by atoms with van der Waals surface area (Å²) in [6.45, 7) is 15.5. The Kier molecular flexibility index (Phi) is 27.0. The number of carbonyl (C=O) groups excluding carboxylic acids is 11. The molecule has 5 fully saturated rings. The van der Waals surface area contributed by atoms with Gasteiger partial charge in [-0.25, -0.2) is 0 Å². The van der Waals surface area contributed by atoms with E-state index in [0.717, 1.165) is 35.4 Å². The number of fused-ring (bicyclic) bond motifs is 2. The average Bonchev–Trinajstić information content (AvgIpc) is 1.67. The number of nitrogens with one attached hydrogen (secondary N) is 3.